The largest absolute Gasteiger partial charge is 0.493 e. The third kappa shape index (κ3) is 3.61. The number of rotatable bonds is 5. The first-order valence-corrected chi connectivity index (χ1v) is 6.91. The average Bonchev–Trinajstić information content (AvgIpc) is 2.85. The van der Waals surface area contributed by atoms with Crippen molar-refractivity contribution in [2.24, 2.45) is 0 Å². The van der Waals surface area contributed by atoms with E-state index in [0.29, 0.717) is 13.2 Å². The zero-order valence-corrected chi connectivity index (χ0v) is 12.6. The first-order chi connectivity index (χ1) is 9.51. The van der Waals surface area contributed by atoms with Crippen molar-refractivity contribution in [2.75, 3.05) is 6.61 Å². The van der Waals surface area contributed by atoms with Gasteiger partial charge in [0.25, 0.3) is 0 Å². The van der Waals surface area contributed by atoms with Crippen LogP contribution in [-0.2, 0) is 6.54 Å². The SMILES string of the molecule is CCOc1ccccc1-c1ocnc1CNC(C)(C)C. The van der Waals surface area contributed by atoms with Crippen molar-refractivity contribution in [3.05, 3.63) is 36.4 Å². The third-order valence-electron chi connectivity index (χ3n) is 2.86. The second-order valence-corrected chi connectivity index (χ2v) is 5.66. The normalized spacial score (nSPS) is 11.6. The van der Waals surface area contributed by atoms with Gasteiger partial charge in [-0.15, -0.1) is 0 Å². The Balaban J connectivity index is 2.28. The molecule has 0 fully saturated rings. The molecule has 2 rings (SSSR count). The van der Waals surface area contributed by atoms with E-state index in [0.717, 1.165) is 22.8 Å². The van der Waals surface area contributed by atoms with Gasteiger partial charge >= 0.3 is 0 Å². The molecule has 0 aliphatic carbocycles. The number of oxazole rings is 1. The predicted molar refractivity (Wildman–Crippen MR) is 79.7 cm³/mol. The summed E-state index contributed by atoms with van der Waals surface area (Å²) in [4.78, 5) is 4.31. The lowest BCUT2D eigenvalue weighted by Gasteiger charge is -2.20. The van der Waals surface area contributed by atoms with E-state index in [-0.39, 0.29) is 5.54 Å². The maximum Gasteiger partial charge on any atom is 0.181 e. The van der Waals surface area contributed by atoms with Crippen molar-refractivity contribution >= 4 is 0 Å². The minimum Gasteiger partial charge on any atom is -0.493 e. The summed E-state index contributed by atoms with van der Waals surface area (Å²) < 4.78 is 11.2. The molecule has 0 saturated carbocycles. The quantitative estimate of drug-likeness (QED) is 0.904. The molecule has 108 valence electrons. The van der Waals surface area contributed by atoms with Gasteiger partial charge in [-0.2, -0.15) is 0 Å². The summed E-state index contributed by atoms with van der Waals surface area (Å²) in [5.41, 5.74) is 1.87. The van der Waals surface area contributed by atoms with Crippen LogP contribution in [0.25, 0.3) is 11.3 Å². The van der Waals surface area contributed by atoms with Crippen LogP contribution in [0.5, 0.6) is 5.75 Å². The van der Waals surface area contributed by atoms with E-state index < -0.39 is 0 Å². The molecule has 1 aromatic heterocycles. The van der Waals surface area contributed by atoms with Crippen molar-refractivity contribution in [3.8, 4) is 17.1 Å². The third-order valence-corrected chi connectivity index (χ3v) is 2.86. The van der Waals surface area contributed by atoms with Crippen molar-refractivity contribution in [2.45, 2.75) is 39.8 Å². The zero-order valence-electron chi connectivity index (χ0n) is 12.6. The first-order valence-electron chi connectivity index (χ1n) is 6.91. The molecular formula is C16H22N2O2. The fraction of sp³-hybridized carbons (Fsp3) is 0.438. The lowest BCUT2D eigenvalue weighted by Crippen LogP contribution is -2.35. The minimum absolute atomic E-state index is 0.0374. The number of aromatic nitrogens is 1. The molecule has 0 saturated heterocycles. The van der Waals surface area contributed by atoms with Gasteiger partial charge in [0, 0.05) is 12.1 Å². The van der Waals surface area contributed by atoms with Gasteiger partial charge in [-0.05, 0) is 39.8 Å². The Morgan fingerprint density at radius 2 is 2.00 bits per heavy atom. The van der Waals surface area contributed by atoms with E-state index in [9.17, 15) is 0 Å². The number of hydrogen-bond donors (Lipinski definition) is 1. The number of nitrogens with zero attached hydrogens (tertiary/aromatic N) is 1. The van der Waals surface area contributed by atoms with Gasteiger partial charge in [-0.1, -0.05) is 12.1 Å². The Morgan fingerprint density at radius 3 is 2.70 bits per heavy atom. The number of ether oxygens (including phenoxy) is 1. The summed E-state index contributed by atoms with van der Waals surface area (Å²) in [5.74, 6) is 1.59. The van der Waals surface area contributed by atoms with Crippen LogP contribution in [0, 0.1) is 0 Å². The molecule has 0 atom stereocenters. The van der Waals surface area contributed by atoms with Crippen LogP contribution in [0.1, 0.15) is 33.4 Å². The van der Waals surface area contributed by atoms with Crippen LogP contribution in [-0.4, -0.2) is 17.1 Å². The van der Waals surface area contributed by atoms with Gasteiger partial charge in [0.15, 0.2) is 12.2 Å². The van der Waals surface area contributed by atoms with Gasteiger partial charge in [-0.25, -0.2) is 4.98 Å². The van der Waals surface area contributed by atoms with Gasteiger partial charge < -0.3 is 14.5 Å². The Bertz CT molecular complexity index is 556. The van der Waals surface area contributed by atoms with E-state index in [1.807, 2.05) is 31.2 Å². The topological polar surface area (TPSA) is 47.3 Å². The second kappa shape index (κ2) is 6.09. The molecule has 1 N–H and O–H groups in total. The maximum atomic E-state index is 5.65. The van der Waals surface area contributed by atoms with Crippen LogP contribution in [0.4, 0.5) is 0 Å². The molecule has 0 unspecified atom stereocenters. The van der Waals surface area contributed by atoms with E-state index in [1.165, 1.54) is 6.39 Å². The van der Waals surface area contributed by atoms with Crippen LogP contribution >= 0.6 is 0 Å². The molecule has 4 heteroatoms. The number of hydrogen-bond acceptors (Lipinski definition) is 4. The molecule has 2 aromatic rings. The van der Waals surface area contributed by atoms with Crippen LogP contribution in [0.3, 0.4) is 0 Å². The molecule has 0 radical (unpaired) electrons. The Hall–Kier alpha value is -1.81. The molecule has 0 aliphatic rings. The molecule has 1 aromatic carbocycles. The van der Waals surface area contributed by atoms with Crippen LogP contribution in [0.15, 0.2) is 35.1 Å². The highest BCUT2D eigenvalue weighted by Gasteiger charge is 2.17. The summed E-state index contributed by atoms with van der Waals surface area (Å²) in [6.45, 7) is 9.64. The van der Waals surface area contributed by atoms with Gasteiger partial charge in [0.2, 0.25) is 0 Å². The second-order valence-electron chi connectivity index (χ2n) is 5.66. The van der Waals surface area contributed by atoms with Crippen molar-refractivity contribution in [3.63, 3.8) is 0 Å². The zero-order chi connectivity index (χ0) is 14.6. The molecule has 20 heavy (non-hydrogen) atoms. The summed E-state index contributed by atoms with van der Waals surface area (Å²) in [6, 6.07) is 7.87. The van der Waals surface area contributed by atoms with E-state index in [2.05, 4.69) is 31.1 Å². The average molecular weight is 274 g/mol. The summed E-state index contributed by atoms with van der Waals surface area (Å²) in [5, 5.41) is 3.42. The number of benzene rings is 1. The molecule has 0 spiro atoms. The van der Waals surface area contributed by atoms with E-state index in [1.54, 1.807) is 0 Å². The van der Waals surface area contributed by atoms with Crippen molar-refractivity contribution in [1.29, 1.82) is 0 Å². The van der Waals surface area contributed by atoms with Gasteiger partial charge in [0.05, 0.1) is 12.2 Å². The summed E-state index contributed by atoms with van der Waals surface area (Å²) in [6.07, 6.45) is 1.48. The fourth-order valence-corrected chi connectivity index (χ4v) is 1.90. The van der Waals surface area contributed by atoms with E-state index in [4.69, 9.17) is 9.15 Å². The summed E-state index contributed by atoms with van der Waals surface area (Å²) in [7, 11) is 0. The highest BCUT2D eigenvalue weighted by Crippen LogP contribution is 2.32. The fourth-order valence-electron chi connectivity index (χ4n) is 1.90. The predicted octanol–water partition coefficient (Wildman–Crippen LogP) is 3.63. The minimum atomic E-state index is 0.0374. The monoisotopic (exact) mass is 274 g/mol. The lowest BCUT2D eigenvalue weighted by molar-refractivity contribution is 0.340. The van der Waals surface area contributed by atoms with Gasteiger partial charge in [0.1, 0.15) is 11.4 Å². The van der Waals surface area contributed by atoms with Crippen molar-refractivity contribution < 1.29 is 9.15 Å². The number of para-hydroxylation sites is 1. The van der Waals surface area contributed by atoms with Gasteiger partial charge in [-0.3, -0.25) is 0 Å². The Kier molecular flexibility index (Phi) is 4.45. The van der Waals surface area contributed by atoms with Crippen LogP contribution < -0.4 is 10.1 Å². The molecular weight excluding hydrogens is 252 g/mol. The molecule has 1 heterocycles. The Morgan fingerprint density at radius 1 is 1.25 bits per heavy atom. The first kappa shape index (κ1) is 14.6. The van der Waals surface area contributed by atoms with Crippen molar-refractivity contribution in [1.82, 2.24) is 10.3 Å². The van der Waals surface area contributed by atoms with E-state index >= 15 is 0 Å². The molecule has 0 bridgehead atoms. The summed E-state index contributed by atoms with van der Waals surface area (Å²) >= 11 is 0. The standard InChI is InChI=1S/C16H22N2O2/c1-5-19-14-9-7-6-8-12(14)15-13(17-11-20-15)10-18-16(2,3)4/h6-9,11,18H,5,10H2,1-4H3. The molecule has 0 amide bonds. The smallest absolute Gasteiger partial charge is 0.181 e. The molecule has 4 nitrogen and oxygen atoms in total. The number of nitrogens with one attached hydrogen (secondary N) is 1. The highest BCUT2D eigenvalue weighted by molar-refractivity contribution is 5.67. The lowest BCUT2D eigenvalue weighted by atomic mass is 10.1. The molecule has 0 aliphatic heterocycles. The van der Waals surface area contributed by atoms with Crippen LogP contribution in [0.2, 0.25) is 0 Å². The highest BCUT2D eigenvalue weighted by atomic mass is 16.5. The maximum absolute atomic E-state index is 5.65. The Labute approximate surface area is 120 Å².